The molecule has 36 heavy (non-hydrogen) atoms. The number of quaternary nitrogens is 1. The molecule has 1 unspecified atom stereocenters. The molecule has 3 aromatic rings. The quantitative estimate of drug-likeness (QED) is 0.498. The molecule has 2 aromatic carbocycles. The summed E-state index contributed by atoms with van der Waals surface area (Å²) in [6.07, 6.45) is 1.80. The van der Waals surface area contributed by atoms with E-state index in [9.17, 15) is 9.59 Å². The number of para-hydroxylation sites is 1. The van der Waals surface area contributed by atoms with E-state index < -0.39 is 6.04 Å². The molecule has 1 atom stereocenters. The van der Waals surface area contributed by atoms with Crippen LogP contribution in [0.15, 0.2) is 57.7 Å². The molecule has 0 saturated carbocycles. The highest BCUT2D eigenvalue weighted by Gasteiger charge is 2.42. The van der Waals surface area contributed by atoms with Crippen LogP contribution in [0.3, 0.4) is 0 Å². The number of benzene rings is 2. The molecule has 190 valence electrons. The van der Waals surface area contributed by atoms with Crippen LogP contribution in [-0.2, 0) is 4.74 Å². The highest BCUT2D eigenvalue weighted by Crippen LogP contribution is 2.39. The van der Waals surface area contributed by atoms with Crippen molar-refractivity contribution in [3.63, 3.8) is 0 Å². The predicted molar refractivity (Wildman–Crippen MR) is 138 cm³/mol. The maximum atomic E-state index is 13.7. The Morgan fingerprint density at radius 3 is 2.69 bits per heavy atom. The fourth-order valence-corrected chi connectivity index (χ4v) is 5.14. The molecular weight excluding hydrogens is 456 g/mol. The Kier molecular flexibility index (Phi) is 7.39. The lowest BCUT2D eigenvalue weighted by Gasteiger charge is -2.27. The number of ether oxygens (including phenoxy) is 2. The number of amides is 1. The summed E-state index contributed by atoms with van der Waals surface area (Å²) in [6.45, 7) is 9.99. The Balaban J connectivity index is 1.48. The third-order valence-corrected chi connectivity index (χ3v) is 7.14. The van der Waals surface area contributed by atoms with Gasteiger partial charge >= 0.3 is 0 Å². The van der Waals surface area contributed by atoms with Crippen LogP contribution >= 0.6 is 0 Å². The third kappa shape index (κ3) is 5.04. The molecule has 0 aliphatic carbocycles. The number of fused-ring (bicyclic) bond motifs is 2. The molecule has 0 spiro atoms. The molecule has 1 fully saturated rings. The minimum absolute atomic E-state index is 0.141. The Labute approximate surface area is 211 Å². The van der Waals surface area contributed by atoms with E-state index in [4.69, 9.17) is 13.9 Å². The number of hydrogen-bond acceptors (Lipinski definition) is 5. The molecular formula is C29H35N2O5+. The van der Waals surface area contributed by atoms with E-state index in [0.717, 1.165) is 57.0 Å². The van der Waals surface area contributed by atoms with Crippen LogP contribution in [0.4, 0.5) is 0 Å². The van der Waals surface area contributed by atoms with E-state index in [0.29, 0.717) is 35.6 Å². The minimum atomic E-state index is -0.498. The average molecular weight is 492 g/mol. The summed E-state index contributed by atoms with van der Waals surface area (Å²) >= 11 is 0. The van der Waals surface area contributed by atoms with Crippen molar-refractivity contribution < 1.29 is 23.6 Å². The van der Waals surface area contributed by atoms with Gasteiger partial charge < -0.3 is 23.7 Å². The summed E-state index contributed by atoms with van der Waals surface area (Å²) in [7, 11) is 0. The first-order valence-electron chi connectivity index (χ1n) is 13.0. The topological polar surface area (TPSA) is 73.4 Å². The van der Waals surface area contributed by atoms with Gasteiger partial charge in [0.2, 0.25) is 5.76 Å². The maximum absolute atomic E-state index is 13.7. The van der Waals surface area contributed by atoms with E-state index in [1.54, 1.807) is 12.1 Å². The van der Waals surface area contributed by atoms with Gasteiger partial charge in [0.15, 0.2) is 5.43 Å². The van der Waals surface area contributed by atoms with Crippen LogP contribution in [0.2, 0.25) is 0 Å². The van der Waals surface area contributed by atoms with Crippen LogP contribution in [0.5, 0.6) is 5.75 Å². The van der Waals surface area contributed by atoms with Crippen molar-refractivity contribution in [3.05, 3.63) is 75.6 Å². The molecule has 1 aromatic heterocycles. The van der Waals surface area contributed by atoms with Gasteiger partial charge in [0.05, 0.1) is 43.4 Å². The van der Waals surface area contributed by atoms with E-state index in [2.05, 4.69) is 13.8 Å². The van der Waals surface area contributed by atoms with Gasteiger partial charge in [-0.15, -0.1) is 0 Å². The standard InChI is InChI=1S/C29H34N2O5/c1-20(2)11-16-35-22-8-5-7-21(19-22)26-25-27(32)23-9-3-4-10-24(23)36-28(25)29(33)31(26)13-6-12-30-14-17-34-18-15-30/h3-5,7-10,19-20,26H,6,11-18H2,1-2H3/p+1. The molecule has 7 nitrogen and oxygen atoms in total. The molecule has 0 radical (unpaired) electrons. The van der Waals surface area contributed by atoms with Gasteiger partial charge in [-0.25, -0.2) is 0 Å². The van der Waals surface area contributed by atoms with E-state index in [-0.39, 0.29) is 17.1 Å². The van der Waals surface area contributed by atoms with Gasteiger partial charge in [-0.1, -0.05) is 38.1 Å². The number of rotatable bonds is 9. The molecule has 1 saturated heterocycles. The molecule has 1 N–H and O–H groups in total. The van der Waals surface area contributed by atoms with Crippen molar-refractivity contribution in [3.8, 4) is 5.75 Å². The molecule has 5 rings (SSSR count). The molecule has 3 heterocycles. The van der Waals surface area contributed by atoms with Crippen molar-refractivity contribution in [2.45, 2.75) is 32.7 Å². The average Bonchev–Trinajstić information content (AvgIpc) is 3.16. The van der Waals surface area contributed by atoms with Crippen LogP contribution < -0.4 is 15.1 Å². The fraction of sp³-hybridized carbons (Fsp3) is 0.448. The molecule has 2 aliphatic heterocycles. The number of nitrogens with one attached hydrogen (secondary N) is 1. The van der Waals surface area contributed by atoms with Gasteiger partial charge in [0, 0.05) is 13.0 Å². The summed E-state index contributed by atoms with van der Waals surface area (Å²) < 4.78 is 17.5. The second-order valence-corrected chi connectivity index (χ2v) is 10.1. The second-order valence-electron chi connectivity index (χ2n) is 10.1. The molecule has 0 bridgehead atoms. The van der Waals surface area contributed by atoms with Crippen molar-refractivity contribution in [2.24, 2.45) is 5.92 Å². The van der Waals surface area contributed by atoms with E-state index in [1.165, 1.54) is 4.90 Å². The first-order chi connectivity index (χ1) is 17.5. The minimum Gasteiger partial charge on any atom is -0.494 e. The first-order valence-corrected chi connectivity index (χ1v) is 13.0. The third-order valence-electron chi connectivity index (χ3n) is 7.14. The Hall–Kier alpha value is -3.16. The number of hydrogen-bond donors (Lipinski definition) is 1. The Morgan fingerprint density at radius 2 is 1.89 bits per heavy atom. The zero-order chi connectivity index (χ0) is 25.1. The molecule has 7 heteroatoms. The summed E-state index contributed by atoms with van der Waals surface area (Å²) in [5, 5.41) is 0.498. The van der Waals surface area contributed by atoms with Crippen molar-refractivity contribution >= 4 is 16.9 Å². The van der Waals surface area contributed by atoms with Gasteiger partial charge in [-0.05, 0) is 42.2 Å². The van der Waals surface area contributed by atoms with E-state index in [1.807, 2.05) is 41.3 Å². The normalized spacial score (nSPS) is 18.2. The lowest BCUT2D eigenvalue weighted by atomic mass is 9.98. The number of morpholine rings is 1. The number of carbonyl (C=O) groups is 1. The molecule has 1 amide bonds. The zero-order valence-electron chi connectivity index (χ0n) is 21.1. The highest BCUT2D eigenvalue weighted by molar-refractivity contribution is 5.99. The second kappa shape index (κ2) is 10.8. The van der Waals surface area contributed by atoms with Crippen LogP contribution in [0.25, 0.3) is 11.0 Å². The van der Waals surface area contributed by atoms with Gasteiger partial charge in [0.25, 0.3) is 5.91 Å². The zero-order valence-corrected chi connectivity index (χ0v) is 21.1. The summed E-state index contributed by atoms with van der Waals surface area (Å²) in [5.74, 6) is 1.24. The monoisotopic (exact) mass is 491 g/mol. The van der Waals surface area contributed by atoms with Crippen molar-refractivity contribution in [1.82, 2.24) is 4.90 Å². The van der Waals surface area contributed by atoms with E-state index >= 15 is 0 Å². The summed E-state index contributed by atoms with van der Waals surface area (Å²) in [6, 6.07) is 14.4. The largest absolute Gasteiger partial charge is 0.494 e. The number of nitrogens with zero attached hydrogens (tertiary/aromatic N) is 1. The fourth-order valence-electron chi connectivity index (χ4n) is 5.14. The van der Waals surface area contributed by atoms with Crippen molar-refractivity contribution in [1.29, 1.82) is 0 Å². The van der Waals surface area contributed by atoms with Crippen LogP contribution in [0.1, 0.15) is 54.4 Å². The van der Waals surface area contributed by atoms with Crippen molar-refractivity contribution in [2.75, 3.05) is 46.0 Å². The Bertz CT molecular complexity index is 1280. The first kappa shape index (κ1) is 24.5. The highest BCUT2D eigenvalue weighted by atomic mass is 16.5. The van der Waals surface area contributed by atoms with Gasteiger partial charge in [0.1, 0.15) is 24.4 Å². The van der Waals surface area contributed by atoms with Crippen LogP contribution in [0, 0.1) is 5.92 Å². The smallest absolute Gasteiger partial charge is 0.290 e. The number of carbonyl (C=O) groups excluding carboxylic acids is 1. The molecule has 2 aliphatic rings. The lowest BCUT2D eigenvalue weighted by Crippen LogP contribution is -3.14. The van der Waals surface area contributed by atoms with Gasteiger partial charge in [-0.2, -0.15) is 0 Å². The van der Waals surface area contributed by atoms with Gasteiger partial charge in [-0.3, -0.25) is 9.59 Å². The maximum Gasteiger partial charge on any atom is 0.290 e. The lowest BCUT2D eigenvalue weighted by molar-refractivity contribution is -0.908. The SMILES string of the molecule is CC(C)CCOc1cccc(C2c3c(oc4ccccc4c3=O)C(=O)N2CCC[NH+]2CCOCC2)c1. The van der Waals surface area contributed by atoms with Crippen LogP contribution in [-0.4, -0.2) is 56.8 Å². The Morgan fingerprint density at radius 1 is 1.08 bits per heavy atom. The summed E-state index contributed by atoms with van der Waals surface area (Å²) in [4.78, 5) is 30.6. The predicted octanol–water partition coefficient (Wildman–Crippen LogP) is 3.07. The summed E-state index contributed by atoms with van der Waals surface area (Å²) in [5.41, 5.74) is 1.60.